The molecule has 2 rings (SSSR count). The Morgan fingerprint density at radius 3 is 2.84 bits per heavy atom. The number of nitrogens with zero attached hydrogens (tertiary/aromatic N) is 2. The Balaban J connectivity index is 2.42. The van der Waals surface area contributed by atoms with Crippen LogP contribution in [0.5, 0.6) is 0 Å². The summed E-state index contributed by atoms with van der Waals surface area (Å²) < 4.78 is 26.3. The van der Waals surface area contributed by atoms with E-state index in [1.807, 2.05) is 22.6 Å². The van der Waals surface area contributed by atoms with Crippen molar-refractivity contribution in [2.24, 2.45) is 0 Å². The van der Waals surface area contributed by atoms with Gasteiger partial charge in [-0.25, -0.2) is 9.37 Å². The van der Waals surface area contributed by atoms with Crippen LogP contribution in [0.4, 0.5) is 10.3 Å². The maximum atomic E-state index is 13.7. The van der Waals surface area contributed by atoms with Gasteiger partial charge in [-0.1, -0.05) is 0 Å². The van der Waals surface area contributed by atoms with Gasteiger partial charge in [-0.15, -0.1) is 0 Å². The van der Waals surface area contributed by atoms with Gasteiger partial charge in [0.25, 0.3) is 0 Å². The van der Waals surface area contributed by atoms with Gasteiger partial charge in [0.2, 0.25) is 5.95 Å². The van der Waals surface area contributed by atoms with Crippen LogP contribution in [0.25, 0.3) is 11.0 Å². The minimum Gasteiger partial charge on any atom is -0.382 e. The Labute approximate surface area is 124 Å². The van der Waals surface area contributed by atoms with E-state index >= 15 is 0 Å². The fourth-order valence-corrected chi connectivity index (χ4v) is 2.37. The standard InChI is InChI=1S/C12H15FIN3O2/c1-18-6-7(19-2)5-17-11-3-8(13)9(14)4-10(11)16-12(17)15/h3-4,7H,5-6H2,1-2H3,(H2,15,16). The Hall–Kier alpha value is -0.930. The molecule has 1 heterocycles. The molecular formula is C12H15FIN3O2. The second-order valence-electron chi connectivity index (χ2n) is 4.15. The molecule has 2 N–H and O–H groups in total. The number of imidazole rings is 1. The summed E-state index contributed by atoms with van der Waals surface area (Å²) in [5, 5.41) is 0. The maximum absolute atomic E-state index is 13.7. The smallest absolute Gasteiger partial charge is 0.201 e. The zero-order valence-corrected chi connectivity index (χ0v) is 12.8. The van der Waals surface area contributed by atoms with Crippen LogP contribution in [0.15, 0.2) is 12.1 Å². The van der Waals surface area contributed by atoms with Crippen LogP contribution in [0, 0.1) is 9.39 Å². The second-order valence-corrected chi connectivity index (χ2v) is 5.31. The lowest BCUT2D eigenvalue weighted by molar-refractivity contribution is 0.0193. The van der Waals surface area contributed by atoms with E-state index in [9.17, 15) is 4.39 Å². The van der Waals surface area contributed by atoms with Gasteiger partial charge in [-0.2, -0.15) is 0 Å². The highest BCUT2D eigenvalue weighted by Crippen LogP contribution is 2.23. The lowest BCUT2D eigenvalue weighted by atomic mass is 10.3. The van der Waals surface area contributed by atoms with E-state index in [0.717, 1.165) is 0 Å². The minimum atomic E-state index is -0.282. The molecular weight excluding hydrogens is 364 g/mol. The maximum Gasteiger partial charge on any atom is 0.201 e. The predicted molar refractivity (Wildman–Crippen MR) is 79.5 cm³/mol. The quantitative estimate of drug-likeness (QED) is 0.808. The van der Waals surface area contributed by atoms with Crippen molar-refractivity contribution in [1.82, 2.24) is 9.55 Å². The monoisotopic (exact) mass is 379 g/mol. The van der Waals surface area contributed by atoms with Crippen molar-refractivity contribution in [3.63, 3.8) is 0 Å². The van der Waals surface area contributed by atoms with E-state index in [-0.39, 0.29) is 11.9 Å². The van der Waals surface area contributed by atoms with E-state index < -0.39 is 0 Å². The van der Waals surface area contributed by atoms with E-state index in [1.165, 1.54) is 6.07 Å². The molecule has 1 aromatic heterocycles. The summed E-state index contributed by atoms with van der Waals surface area (Å²) in [6, 6.07) is 3.12. The topological polar surface area (TPSA) is 62.3 Å². The fraction of sp³-hybridized carbons (Fsp3) is 0.417. The first-order chi connectivity index (χ1) is 9.06. The largest absolute Gasteiger partial charge is 0.382 e. The highest BCUT2D eigenvalue weighted by Gasteiger charge is 2.15. The molecule has 1 aromatic carbocycles. The number of halogens is 2. The summed E-state index contributed by atoms with van der Waals surface area (Å²) in [7, 11) is 3.20. The molecule has 0 fully saturated rings. The molecule has 7 heteroatoms. The van der Waals surface area contributed by atoms with Crippen LogP contribution in [0.1, 0.15) is 0 Å². The van der Waals surface area contributed by atoms with E-state index in [1.54, 1.807) is 24.9 Å². The number of methoxy groups -OCH3 is 2. The molecule has 0 saturated heterocycles. The normalized spacial score (nSPS) is 13.1. The third kappa shape index (κ3) is 2.98. The van der Waals surface area contributed by atoms with Gasteiger partial charge in [0.05, 0.1) is 33.9 Å². The Bertz CT molecular complexity index is 588. The molecule has 1 unspecified atom stereocenters. The van der Waals surface area contributed by atoms with Gasteiger partial charge in [0, 0.05) is 20.3 Å². The SMILES string of the molecule is COCC(Cn1c(N)nc2cc(I)c(F)cc21)OC. The van der Waals surface area contributed by atoms with Gasteiger partial charge in [0.1, 0.15) is 5.82 Å². The van der Waals surface area contributed by atoms with E-state index in [0.29, 0.717) is 33.7 Å². The first-order valence-corrected chi connectivity index (χ1v) is 6.77. The lowest BCUT2D eigenvalue weighted by Gasteiger charge is -2.16. The third-order valence-corrected chi connectivity index (χ3v) is 3.72. The molecule has 0 radical (unpaired) electrons. The molecule has 5 nitrogen and oxygen atoms in total. The minimum absolute atomic E-state index is 0.160. The molecule has 1 atom stereocenters. The molecule has 2 aromatic rings. The Morgan fingerprint density at radius 2 is 2.21 bits per heavy atom. The summed E-state index contributed by atoms with van der Waals surface area (Å²) in [5.41, 5.74) is 7.22. The van der Waals surface area contributed by atoms with Crippen LogP contribution >= 0.6 is 22.6 Å². The molecule has 0 aliphatic rings. The van der Waals surface area contributed by atoms with Crippen molar-refractivity contribution in [2.45, 2.75) is 12.6 Å². The molecule has 0 bridgehead atoms. The van der Waals surface area contributed by atoms with Gasteiger partial charge in [-0.3, -0.25) is 0 Å². The zero-order valence-electron chi connectivity index (χ0n) is 10.7. The Kier molecular flexibility index (Phi) is 4.58. The zero-order chi connectivity index (χ0) is 14.0. The summed E-state index contributed by atoms with van der Waals surface area (Å²) in [6.07, 6.45) is -0.160. The molecule has 0 aliphatic heterocycles. The first-order valence-electron chi connectivity index (χ1n) is 5.69. The summed E-state index contributed by atoms with van der Waals surface area (Å²) in [6.45, 7) is 0.898. The van der Waals surface area contributed by atoms with Crippen molar-refractivity contribution in [1.29, 1.82) is 0 Å². The number of aromatic nitrogens is 2. The van der Waals surface area contributed by atoms with Crippen molar-refractivity contribution < 1.29 is 13.9 Å². The number of rotatable bonds is 5. The van der Waals surface area contributed by atoms with Crippen LogP contribution in [0.3, 0.4) is 0 Å². The van der Waals surface area contributed by atoms with Gasteiger partial charge in [0.15, 0.2) is 0 Å². The molecule has 104 valence electrons. The highest BCUT2D eigenvalue weighted by atomic mass is 127. The summed E-state index contributed by atoms with van der Waals surface area (Å²) in [5.74, 6) is 0.0597. The fourth-order valence-electron chi connectivity index (χ4n) is 1.92. The number of fused-ring (bicyclic) bond motifs is 1. The van der Waals surface area contributed by atoms with Crippen LogP contribution in [-0.2, 0) is 16.0 Å². The highest BCUT2D eigenvalue weighted by molar-refractivity contribution is 14.1. The molecule has 19 heavy (non-hydrogen) atoms. The summed E-state index contributed by atoms with van der Waals surface area (Å²) in [4.78, 5) is 4.24. The summed E-state index contributed by atoms with van der Waals surface area (Å²) >= 11 is 1.93. The number of ether oxygens (including phenoxy) is 2. The van der Waals surface area contributed by atoms with Gasteiger partial charge < -0.3 is 19.8 Å². The van der Waals surface area contributed by atoms with Crippen molar-refractivity contribution in [2.75, 3.05) is 26.6 Å². The number of hydrogen-bond acceptors (Lipinski definition) is 4. The van der Waals surface area contributed by atoms with Crippen LogP contribution < -0.4 is 5.73 Å². The third-order valence-electron chi connectivity index (χ3n) is 2.89. The second kappa shape index (κ2) is 6.02. The van der Waals surface area contributed by atoms with Crippen molar-refractivity contribution in [3.8, 4) is 0 Å². The average molecular weight is 379 g/mol. The first kappa shape index (κ1) is 14.5. The number of nitrogen functional groups attached to an aromatic ring is 1. The van der Waals surface area contributed by atoms with Gasteiger partial charge in [-0.05, 0) is 28.7 Å². The average Bonchev–Trinajstić information content (AvgIpc) is 2.66. The van der Waals surface area contributed by atoms with E-state index in [2.05, 4.69) is 4.98 Å². The number of nitrogens with two attached hydrogens (primary N) is 1. The predicted octanol–water partition coefficient (Wildman–Crippen LogP) is 2.02. The number of benzene rings is 1. The number of hydrogen-bond donors (Lipinski definition) is 1. The molecule has 0 aliphatic carbocycles. The van der Waals surface area contributed by atoms with Gasteiger partial charge >= 0.3 is 0 Å². The van der Waals surface area contributed by atoms with Crippen LogP contribution in [0.2, 0.25) is 0 Å². The van der Waals surface area contributed by atoms with Crippen molar-refractivity contribution >= 4 is 39.6 Å². The van der Waals surface area contributed by atoms with Crippen LogP contribution in [-0.4, -0.2) is 36.5 Å². The van der Waals surface area contributed by atoms with E-state index in [4.69, 9.17) is 15.2 Å². The van der Waals surface area contributed by atoms with Crippen molar-refractivity contribution in [3.05, 3.63) is 21.5 Å². The molecule has 0 amide bonds. The lowest BCUT2D eigenvalue weighted by Crippen LogP contribution is -2.24. The number of anilines is 1. The molecule has 0 saturated carbocycles. The molecule has 0 spiro atoms. The Morgan fingerprint density at radius 1 is 1.47 bits per heavy atom.